The van der Waals surface area contributed by atoms with Crippen LogP contribution in [0.5, 0.6) is 5.75 Å². The normalized spacial score (nSPS) is 12.8. The lowest BCUT2D eigenvalue weighted by Crippen LogP contribution is -2.34. The maximum absolute atomic E-state index is 12.6. The molecule has 2 rings (SSSR count). The minimum absolute atomic E-state index is 0.0278. The van der Waals surface area contributed by atoms with Crippen LogP contribution >= 0.6 is 0 Å². The average molecular weight is 419 g/mol. The van der Waals surface area contributed by atoms with Gasteiger partial charge in [-0.25, -0.2) is 8.42 Å². The molecular formula is C22H30N2O4S. The second-order valence-electron chi connectivity index (χ2n) is 9.17. The molecule has 0 amide bonds. The number of nitrogens with zero attached hydrogens (tertiary/aromatic N) is 2. The molecule has 158 valence electrons. The van der Waals surface area contributed by atoms with Crippen molar-refractivity contribution < 1.29 is 17.9 Å². The van der Waals surface area contributed by atoms with E-state index in [9.17, 15) is 13.2 Å². The summed E-state index contributed by atoms with van der Waals surface area (Å²) < 4.78 is 31.6. The third-order valence-corrected chi connectivity index (χ3v) is 6.35. The monoisotopic (exact) mass is 418 g/mol. The van der Waals surface area contributed by atoms with E-state index >= 15 is 0 Å². The first-order valence-corrected chi connectivity index (χ1v) is 10.9. The molecule has 0 fully saturated rings. The van der Waals surface area contributed by atoms with Crippen LogP contribution in [0.15, 0.2) is 47.6 Å². The molecule has 0 saturated carbocycles. The lowest BCUT2D eigenvalue weighted by molar-refractivity contribution is -0.134. The molecule has 6 nitrogen and oxygen atoms in total. The Morgan fingerprint density at radius 3 is 2.03 bits per heavy atom. The number of aromatic nitrogens is 1. The Morgan fingerprint density at radius 2 is 1.59 bits per heavy atom. The quantitative estimate of drug-likeness (QED) is 0.544. The second kappa shape index (κ2) is 8.24. The molecule has 0 radical (unpaired) electrons. The molecule has 0 atom stereocenters. The Hall–Kier alpha value is -2.25. The third-order valence-electron chi connectivity index (χ3n) is 4.56. The molecule has 0 saturated heterocycles. The topological polar surface area (TPSA) is 76.6 Å². The summed E-state index contributed by atoms with van der Waals surface area (Å²) in [6.45, 7) is 12.2. The molecule has 1 aromatic heterocycles. The summed E-state index contributed by atoms with van der Waals surface area (Å²) in [6, 6.07) is 8.76. The van der Waals surface area contributed by atoms with Gasteiger partial charge < -0.3 is 4.74 Å². The lowest BCUT2D eigenvalue weighted by Gasteiger charge is -2.26. The molecule has 1 aromatic carbocycles. The SMILES string of the molecule is CN(CC(=O)Oc1cc(C(C)(C)C)cc(C(C)(C)C)c1)S(=O)(=O)c1cccnc1. The van der Waals surface area contributed by atoms with E-state index in [1.165, 1.54) is 31.6 Å². The van der Waals surface area contributed by atoms with Crippen molar-refractivity contribution in [3.63, 3.8) is 0 Å². The molecule has 0 N–H and O–H groups in total. The number of carbonyl (C=O) groups is 1. The van der Waals surface area contributed by atoms with Crippen LogP contribution < -0.4 is 4.74 Å². The Morgan fingerprint density at radius 1 is 1.03 bits per heavy atom. The number of hydrogen-bond donors (Lipinski definition) is 0. The molecule has 29 heavy (non-hydrogen) atoms. The van der Waals surface area contributed by atoms with Crippen molar-refractivity contribution in [2.75, 3.05) is 13.6 Å². The highest BCUT2D eigenvalue weighted by Crippen LogP contribution is 2.33. The molecule has 0 aliphatic rings. The summed E-state index contributed by atoms with van der Waals surface area (Å²) in [5, 5.41) is 0. The molecule has 0 aliphatic heterocycles. The van der Waals surface area contributed by atoms with Crippen LogP contribution in [-0.2, 0) is 25.6 Å². The van der Waals surface area contributed by atoms with Gasteiger partial charge in [0.2, 0.25) is 10.0 Å². The van der Waals surface area contributed by atoms with Gasteiger partial charge in [0.25, 0.3) is 0 Å². The Kier molecular flexibility index (Phi) is 6.55. The summed E-state index contributed by atoms with van der Waals surface area (Å²) in [6.07, 6.45) is 2.74. The Bertz CT molecular complexity index is 940. The van der Waals surface area contributed by atoms with E-state index in [4.69, 9.17) is 4.74 Å². The van der Waals surface area contributed by atoms with Crippen molar-refractivity contribution in [3.05, 3.63) is 53.9 Å². The van der Waals surface area contributed by atoms with Gasteiger partial charge in [0, 0.05) is 19.4 Å². The van der Waals surface area contributed by atoms with Gasteiger partial charge >= 0.3 is 5.97 Å². The summed E-state index contributed by atoms with van der Waals surface area (Å²) in [5.41, 5.74) is 1.85. The Balaban J connectivity index is 2.24. The number of hydrogen-bond acceptors (Lipinski definition) is 5. The summed E-state index contributed by atoms with van der Waals surface area (Å²) in [4.78, 5) is 16.3. The van der Waals surface area contributed by atoms with Crippen molar-refractivity contribution in [3.8, 4) is 5.75 Å². The van der Waals surface area contributed by atoms with Crippen LogP contribution in [0.3, 0.4) is 0 Å². The van der Waals surface area contributed by atoms with Crippen LogP contribution in [0, 0.1) is 0 Å². The summed E-state index contributed by atoms with van der Waals surface area (Å²) in [5.74, 6) is -0.231. The van der Waals surface area contributed by atoms with E-state index in [-0.39, 0.29) is 15.7 Å². The lowest BCUT2D eigenvalue weighted by atomic mass is 9.80. The van der Waals surface area contributed by atoms with Gasteiger partial charge in [0.05, 0.1) is 0 Å². The van der Waals surface area contributed by atoms with Gasteiger partial charge in [-0.3, -0.25) is 9.78 Å². The van der Waals surface area contributed by atoms with Gasteiger partial charge in [0.15, 0.2) is 0 Å². The van der Waals surface area contributed by atoms with E-state index in [1.807, 2.05) is 12.1 Å². The van der Waals surface area contributed by atoms with Gasteiger partial charge in [-0.15, -0.1) is 0 Å². The number of ether oxygens (including phenoxy) is 1. The van der Waals surface area contributed by atoms with Crippen LogP contribution in [0.25, 0.3) is 0 Å². The molecular weight excluding hydrogens is 388 g/mol. The van der Waals surface area contributed by atoms with Crippen LogP contribution in [-0.4, -0.2) is 37.3 Å². The zero-order chi connectivity index (χ0) is 22.0. The average Bonchev–Trinajstić information content (AvgIpc) is 2.60. The molecule has 1 heterocycles. The fraction of sp³-hybridized carbons (Fsp3) is 0.455. The van der Waals surface area contributed by atoms with Crippen LogP contribution in [0.2, 0.25) is 0 Å². The first-order chi connectivity index (χ1) is 13.2. The van der Waals surface area contributed by atoms with Crippen molar-refractivity contribution in [1.29, 1.82) is 0 Å². The predicted molar refractivity (Wildman–Crippen MR) is 114 cm³/mol. The molecule has 7 heteroatoms. The largest absolute Gasteiger partial charge is 0.426 e. The smallest absolute Gasteiger partial charge is 0.326 e. The zero-order valence-corrected chi connectivity index (χ0v) is 19.0. The number of likely N-dealkylation sites (N-methyl/N-ethyl adjacent to an activating group) is 1. The molecule has 0 unspecified atom stereocenters. The highest BCUT2D eigenvalue weighted by atomic mass is 32.2. The maximum atomic E-state index is 12.6. The highest BCUT2D eigenvalue weighted by Gasteiger charge is 2.25. The molecule has 0 spiro atoms. The van der Waals surface area contributed by atoms with Crippen molar-refractivity contribution in [1.82, 2.24) is 9.29 Å². The predicted octanol–water partition coefficient (Wildman–Crippen LogP) is 3.90. The van der Waals surface area contributed by atoms with Gasteiger partial charge in [-0.2, -0.15) is 4.31 Å². The van der Waals surface area contributed by atoms with Crippen LogP contribution in [0.1, 0.15) is 52.7 Å². The van der Waals surface area contributed by atoms with E-state index < -0.39 is 22.5 Å². The first kappa shape index (κ1) is 23.0. The number of pyridine rings is 1. The summed E-state index contributed by atoms with van der Waals surface area (Å²) in [7, 11) is -2.48. The molecule has 0 bridgehead atoms. The number of benzene rings is 1. The first-order valence-electron chi connectivity index (χ1n) is 9.44. The summed E-state index contributed by atoms with van der Waals surface area (Å²) >= 11 is 0. The fourth-order valence-corrected chi connectivity index (χ4v) is 3.71. The minimum atomic E-state index is -3.82. The molecule has 2 aromatic rings. The van der Waals surface area contributed by atoms with E-state index in [0.29, 0.717) is 5.75 Å². The van der Waals surface area contributed by atoms with E-state index in [2.05, 4.69) is 52.6 Å². The number of esters is 1. The van der Waals surface area contributed by atoms with Gasteiger partial charge in [-0.05, 0) is 46.2 Å². The minimum Gasteiger partial charge on any atom is -0.426 e. The van der Waals surface area contributed by atoms with E-state index in [0.717, 1.165) is 15.4 Å². The van der Waals surface area contributed by atoms with Gasteiger partial charge in [0.1, 0.15) is 17.2 Å². The molecule has 0 aliphatic carbocycles. The van der Waals surface area contributed by atoms with Crippen molar-refractivity contribution in [2.24, 2.45) is 0 Å². The number of carbonyl (C=O) groups excluding carboxylic acids is 1. The zero-order valence-electron chi connectivity index (χ0n) is 18.2. The third kappa shape index (κ3) is 5.87. The Labute approximate surface area is 174 Å². The standard InChI is InChI=1S/C22H30N2O4S/c1-21(2,3)16-11-17(22(4,5)6)13-18(12-16)28-20(25)15-24(7)29(26,27)19-9-8-10-23-14-19/h8-14H,15H2,1-7H3. The number of rotatable bonds is 5. The maximum Gasteiger partial charge on any atom is 0.326 e. The van der Waals surface area contributed by atoms with Gasteiger partial charge in [-0.1, -0.05) is 47.6 Å². The fourth-order valence-electron chi connectivity index (χ4n) is 2.63. The van der Waals surface area contributed by atoms with E-state index in [1.54, 1.807) is 0 Å². The second-order valence-corrected chi connectivity index (χ2v) is 11.2. The van der Waals surface area contributed by atoms with Crippen LogP contribution in [0.4, 0.5) is 0 Å². The number of sulfonamides is 1. The van der Waals surface area contributed by atoms with Crippen molar-refractivity contribution >= 4 is 16.0 Å². The highest BCUT2D eigenvalue weighted by molar-refractivity contribution is 7.89. The van der Waals surface area contributed by atoms with Crippen molar-refractivity contribution in [2.45, 2.75) is 57.3 Å².